The first-order chi connectivity index (χ1) is 61.2. The summed E-state index contributed by atoms with van der Waals surface area (Å²) >= 11 is 0. The average Bonchev–Trinajstić information content (AvgIpc) is 0.794. The van der Waals surface area contributed by atoms with E-state index in [1.807, 2.05) is 182 Å². The average molecular weight is 1780 g/mol. The van der Waals surface area contributed by atoms with Crippen molar-refractivity contribution in [2.24, 2.45) is 94.7 Å². The predicted octanol–water partition coefficient (Wildman–Crippen LogP) is 9.11. The predicted molar refractivity (Wildman–Crippen MR) is 486 cm³/mol. The van der Waals surface area contributed by atoms with Crippen LogP contribution >= 0.6 is 0 Å². The topological polar surface area (TPSA) is 404 Å². The fraction of sp³-hybridized carbons (Fsp3) is 0.560. The van der Waals surface area contributed by atoms with Crippen LogP contribution in [0.25, 0.3) is 0 Å². The zero-order valence-electron chi connectivity index (χ0n) is 77.1. The highest BCUT2D eigenvalue weighted by Crippen LogP contribution is 2.44. The van der Waals surface area contributed by atoms with E-state index in [0.717, 1.165) is 33.4 Å². The highest BCUT2D eigenvalue weighted by molar-refractivity contribution is 5.82. The van der Waals surface area contributed by atoms with Crippen LogP contribution in [0.2, 0.25) is 0 Å². The first-order valence-electron chi connectivity index (χ1n) is 45.1. The SMILES string of the molecule is CC(C)C(C(=O)OC[C@@H](O)CNCc1ccccc1)C(C)C(C(=O)OC[C@@H](O)CNCc1ccccc1)C(C)C(C(=O)OC[C@@H](O)CNCc1ccccc1)C(C)C(C)C(=O)O[C@H](C)[C@@H](C)OC(=O)C(C(C)C)C(C)C(C(=O)OC[C@@H](O)CNCc1ccccc1)C(C)C(C(=O)OC[C@@H](O)CNCc1ccccc1)C(C)C(C)C(=O)OC[C@@H](O)CNCc1ccccc1. The smallest absolute Gasteiger partial charge is 0.309 e. The van der Waals surface area contributed by atoms with Gasteiger partial charge in [-0.05, 0) is 94.6 Å². The van der Waals surface area contributed by atoms with Crippen molar-refractivity contribution in [1.82, 2.24) is 31.9 Å². The quantitative estimate of drug-likeness (QED) is 0.0125. The molecule has 14 unspecified atom stereocenters. The molecule has 0 aromatic heterocycles. The van der Waals surface area contributed by atoms with Crippen LogP contribution in [0.5, 0.6) is 0 Å². The Morgan fingerprint density at radius 3 is 0.617 bits per heavy atom. The molecular weight excluding hydrogens is 1640 g/mol. The summed E-state index contributed by atoms with van der Waals surface area (Å²) in [6.45, 7) is 22.5. The van der Waals surface area contributed by atoms with Gasteiger partial charge in [-0.25, -0.2) is 0 Å². The number of esters is 8. The number of hydrogen-bond acceptors (Lipinski definition) is 28. The third-order valence-corrected chi connectivity index (χ3v) is 24.1. The van der Waals surface area contributed by atoms with Crippen molar-refractivity contribution in [3.63, 3.8) is 0 Å². The van der Waals surface area contributed by atoms with Gasteiger partial charge < -0.3 is 100 Å². The molecule has 22 atom stereocenters. The Labute approximate surface area is 756 Å². The fourth-order valence-electron chi connectivity index (χ4n) is 16.4. The molecular formula is C100H144N6O22. The van der Waals surface area contributed by atoms with Gasteiger partial charge in [-0.15, -0.1) is 0 Å². The van der Waals surface area contributed by atoms with E-state index in [9.17, 15) is 40.2 Å². The Bertz CT molecular complexity index is 4170. The first-order valence-corrected chi connectivity index (χ1v) is 45.1. The summed E-state index contributed by atoms with van der Waals surface area (Å²) in [6.07, 6.45) is -9.65. The Hall–Kier alpha value is -9.40. The summed E-state index contributed by atoms with van der Waals surface area (Å²) in [5, 5.41) is 86.5. The maximum Gasteiger partial charge on any atom is 0.309 e. The van der Waals surface area contributed by atoms with Crippen LogP contribution in [0.3, 0.4) is 0 Å². The molecule has 6 rings (SSSR count). The molecule has 6 aromatic carbocycles. The minimum atomic E-state index is -1.42. The first kappa shape index (κ1) is 107. The Kier molecular flexibility index (Phi) is 48.3. The molecule has 0 amide bonds. The molecule has 706 valence electrons. The molecule has 0 saturated carbocycles. The number of carbonyl (C=O) groups excluding carboxylic acids is 8. The second-order valence-electron chi connectivity index (χ2n) is 35.1. The standard InChI is InChI=1S/C100H144N6O22/c1-63(2)87(95(115)122-58-82(108)52-102-46-76-35-23-16-24-36-76)69(9)91(98(118)125-61-85(111)55-105-49-79-41-29-19-30-42-79)72(12)90(97(117)124-60-84(110)54-104-48-78-39-27-18-28-40-78)66(6)68(8)94(114)127-73(13)74(14)128-100(120)88(64(3)4)70(10)92(99(119)126-62-86(112)56-106-50-80-43-31-20-32-44-80)71(11)89(96(116)123-59-83(109)53-103-47-77-37-25-17-26-38-77)65(5)67(7)93(113)121-57-81(107)51-101-45-75-33-21-15-22-34-75/h15-44,63-74,81-92,101-112H,45-62H2,1-14H3/t65?,66?,67?,68?,69?,70?,71?,72?,73-,74-,81+,82+,83+,84+,85+,86+,87?,88?,89?,90?,91?,92?/m1/s1. The number of aliphatic hydroxyl groups is 6. The molecule has 12 N–H and O–H groups in total. The molecule has 0 aliphatic carbocycles. The van der Waals surface area contributed by atoms with Gasteiger partial charge in [0.1, 0.15) is 88.5 Å². The van der Waals surface area contributed by atoms with E-state index in [2.05, 4.69) is 31.9 Å². The number of nitrogens with one attached hydrogen (secondary N) is 6. The highest BCUT2D eigenvalue weighted by Gasteiger charge is 2.51. The fourth-order valence-corrected chi connectivity index (χ4v) is 16.4. The minimum absolute atomic E-state index is 0.00600. The van der Waals surface area contributed by atoms with Gasteiger partial charge in [-0.3, -0.25) is 38.4 Å². The van der Waals surface area contributed by atoms with Gasteiger partial charge in [-0.2, -0.15) is 0 Å². The van der Waals surface area contributed by atoms with Crippen molar-refractivity contribution in [1.29, 1.82) is 0 Å². The van der Waals surface area contributed by atoms with E-state index < -0.39 is 231 Å². The zero-order valence-corrected chi connectivity index (χ0v) is 77.1. The van der Waals surface area contributed by atoms with Crippen molar-refractivity contribution in [2.45, 2.75) is 185 Å². The van der Waals surface area contributed by atoms with Gasteiger partial charge in [0.2, 0.25) is 0 Å². The summed E-state index contributed by atoms with van der Waals surface area (Å²) < 4.78 is 48.0. The number of benzene rings is 6. The molecule has 0 bridgehead atoms. The summed E-state index contributed by atoms with van der Waals surface area (Å²) in [4.78, 5) is 120. The maximum absolute atomic E-state index is 15.4. The van der Waals surface area contributed by atoms with E-state index in [-0.39, 0.29) is 39.3 Å². The molecule has 0 fully saturated rings. The van der Waals surface area contributed by atoms with E-state index in [4.69, 9.17) is 37.9 Å². The second kappa shape index (κ2) is 57.6. The van der Waals surface area contributed by atoms with Crippen molar-refractivity contribution in [2.75, 3.05) is 78.9 Å². The zero-order chi connectivity index (χ0) is 93.8. The van der Waals surface area contributed by atoms with Crippen molar-refractivity contribution >= 4 is 47.8 Å². The Morgan fingerprint density at radius 1 is 0.227 bits per heavy atom. The van der Waals surface area contributed by atoms with E-state index >= 15 is 28.8 Å². The van der Waals surface area contributed by atoms with Crippen LogP contribution < -0.4 is 31.9 Å². The minimum Gasteiger partial charge on any atom is -0.463 e. The van der Waals surface area contributed by atoms with Crippen LogP contribution in [0.1, 0.15) is 130 Å². The van der Waals surface area contributed by atoms with Gasteiger partial charge in [-0.1, -0.05) is 265 Å². The Balaban J connectivity index is 1.29. The number of aliphatic hydroxyl groups excluding tert-OH is 6. The number of ether oxygens (including phenoxy) is 8. The molecule has 0 heterocycles. The van der Waals surface area contributed by atoms with E-state index in [1.54, 1.807) is 76.2 Å². The van der Waals surface area contributed by atoms with Crippen molar-refractivity contribution in [3.05, 3.63) is 215 Å². The van der Waals surface area contributed by atoms with Crippen molar-refractivity contribution in [3.8, 4) is 0 Å². The molecule has 6 aromatic rings. The largest absolute Gasteiger partial charge is 0.463 e. The van der Waals surface area contributed by atoms with Crippen molar-refractivity contribution < 1.29 is 107 Å². The lowest BCUT2D eigenvalue weighted by Crippen LogP contribution is -2.47. The molecule has 0 aliphatic rings. The number of rotatable bonds is 61. The van der Waals surface area contributed by atoms with Gasteiger partial charge in [0.15, 0.2) is 0 Å². The molecule has 0 saturated heterocycles. The molecule has 0 spiro atoms. The summed E-state index contributed by atoms with van der Waals surface area (Å²) in [5.41, 5.74) is 5.70. The monoisotopic (exact) mass is 1780 g/mol. The number of hydrogen-bond donors (Lipinski definition) is 12. The Morgan fingerprint density at radius 2 is 0.398 bits per heavy atom. The van der Waals surface area contributed by atoms with Gasteiger partial charge >= 0.3 is 47.8 Å². The van der Waals surface area contributed by atoms with Crippen LogP contribution in [-0.4, -0.2) is 206 Å². The third-order valence-electron chi connectivity index (χ3n) is 24.1. The van der Waals surface area contributed by atoms with Gasteiger partial charge in [0.05, 0.1) is 47.3 Å². The van der Waals surface area contributed by atoms with Crippen LogP contribution in [-0.2, 0) is 116 Å². The lowest BCUT2D eigenvalue weighted by atomic mass is 9.65. The van der Waals surface area contributed by atoms with Gasteiger partial charge in [0, 0.05) is 78.5 Å². The molecule has 28 nitrogen and oxygen atoms in total. The highest BCUT2D eigenvalue weighted by atomic mass is 16.6. The third kappa shape index (κ3) is 37.2. The molecule has 0 aliphatic heterocycles. The second-order valence-corrected chi connectivity index (χ2v) is 35.1. The summed E-state index contributed by atoms with van der Waals surface area (Å²) in [7, 11) is 0. The molecule has 128 heavy (non-hydrogen) atoms. The maximum atomic E-state index is 15.4. The molecule has 28 heteroatoms. The van der Waals surface area contributed by atoms with Gasteiger partial charge in [0.25, 0.3) is 0 Å². The van der Waals surface area contributed by atoms with Crippen LogP contribution in [0, 0.1) is 94.7 Å². The number of carbonyl (C=O) groups is 8. The molecule has 0 radical (unpaired) electrons. The summed E-state index contributed by atoms with van der Waals surface area (Å²) in [5.74, 6) is -24.8. The lowest BCUT2D eigenvalue weighted by molar-refractivity contribution is -0.178. The summed E-state index contributed by atoms with van der Waals surface area (Å²) in [6, 6.07) is 56.8. The lowest BCUT2D eigenvalue weighted by Gasteiger charge is -2.39. The van der Waals surface area contributed by atoms with E-state index in [0.29, 0.717) is 39.3 Å². The van der Waals surface area contributed by atoms with E-state index in [1.165, 1.54) is 20.8 Å². The van der Waals surface area contributed by atoms with Crippen LogP contribution in [0.15, 0.2) is 182 Å². The van der Waals surface area contributed by atoms with Crippen LogP contribution in [0.4, 0.5) is 0 Å². The normalized spacial score (nSPS) is 16.9.